The van der Waals surface area contributed by atoms with E-state index in [0.29, 0.717) is 13.1 Å². The first kappa shape index (κ1) is 20.2. The number of nitrogens with zero attached hydrogens (tertiary/aromatic N) is 2. The number of hydrogen-bond acceptors (Lipinski definition) is 4. The SMILES string of the molecule is COc1ccc(CN2CCNC(=O)[C@@H]2CC(=O)N(C)C(C)C)c(C)c1C. The van der Waals surface area contributed by atoms with E-state index in [9.17, 15) is 9.59 Å². The van der Waals surface area contributed by atoms with Crippen LogP contribution in [0.25, 0.3) is 0 Å². The Hall–Kier alpha value is -2.08. The standard InChI is InChI=1S/C20H31N3O3/c1-13(2)22(5)19(24)11-17-20(25)21-9-10-23(17)12-16-7-8-18(26-6)15(4)14(16)3/h7-8,13,17H,9-12H2,1-6H3,(H,21,25)/t17-/m0/s1. The van der Waals surface area contributed by atoms with Crippen LogP contribution in [-0.4, -0.2) is 60.9 Å². The molecular formula is C20H31N3O3. The third-order valence-corrected chi connectivity index (χ3v) is 5.42. The number of nitrogens with one attached hydrogen (secondary N) is 1. The molecule has 0 bridgehead atoms. The molecule has 6 nitrogen and oxygen atoms in total. The molecule has 1 aromatic rings. The Morgan fingerprint density at radius 3 is 2.65 bits per heavy atom. The second kappa shape index (κ2) is 8.54. The number of ether oxygens (including phenoxy) is 1. The zero-order chi connectivity index (χ0) is 19.4. The van der Waals surface area contributed by atoms with Crippen molar-refractivity contribution in [1.29, 1.82) is 0 Å². The minimum Gasteiger partial charge on any atom is -0.496 e. The highest BCUT2D eigenvalue weighted by molar-refractivity contribution is 5.88. The Kier molecular flexibility index (Phi) is 6.64. The van der Waals surface area contributed by atoms with Gasteiger partial charge in [0.15, 0.2) is 0 Å². The zero-order valence-corrected chi connectivity index (χ0v) is 16.8. The largest absolute Gasteiger partial charge is 0.496 e. The van der Waals surface area contributed by atoms with E-state index >= 15 is 0 Å². The van der Waals surface area contributed by atoms with Gasteiger partial charge in [0.25, 0.3) is 0 Å². The van der Waals surface area contributed by atoms with Gasteiger partial charge in [-0.05, 0) is 50.5 Å². The van der Waals surface area contributed by atoms with Crippen LogP contribution in [0, 0.1) is 13.8 Å². The van der Waals surface area contributed by atoms with E-state index in [1.807, 2.05) is 32.9 Å². The maximum atomic E-state index is 12.5. The van der Waals surface area contributed by atoms with Crippen molar-refractivity contribution in [3.63, 3.8) is 0 Å². The van der Waals surface area contributed by atoms with Gasteiger partial charge >= 0.3 is 0 Å². The average Bonchev–Trinajstić information content (AvgIpc) is 2.61. The normalized spacial score (nSPS) is 18.0. The molecule has 144 valence electrons. The first-order valence-corrected chi connectivity index (χ1v) is 9.16. The third kappa shape index (κ3) is 4.36. The van der Waals surface area contributed by atoms with E-state index in [1.165, 1.54) is 5.56 Å². The number of hydrogen-bond donors (Lipinski definition) is 1. The molecule has 1 N–H and O–H groups in total. The van der Waals surface area contributed by atoms with E-state index < -0.39 is 6.04 Å². The molecule has 1 saturated heterocycles. The predicted octanol–water partition coefficient (Wildman–Crippen LogP) is 1.87. The molecule has 1 heterocycles. The lowest BCUT2D eigenvalue weighted by Gasteiger charge is -2.36. The molecule has 0 aliphatic carbocycles. The van der Waals surface area contributed by atoms with Gasteiger partial charge in [0.05, 0.1) is 19.6 Å². The van der Waals surface area contributed by atoms with Crippen molar-refractivity contribution in [2.45, 2.75) is 52.7 Å². The van der Waals surface area contributed by atoms with E-state index in [-0.39, 0.29) is 24.3 Å². The van der Waals surface area contributed by atoms with Crippen molar-refractivity contribution in [3.05, 3.63) is 28.8 Å². The van der Waals surface area contributed by atoms with Crippen LogP contribution >= 0.6 is 0 Å². The van der Waals surface area contributed by atoms with Crippen LogP contribution in [0.4, 0.5) is 0 Å². The minimum absolute atomic E-state index is 0.00492. The molecule has 1 fully saturated rings. The average molecular weight is 361 g/mol. The van der Waals surface area contributed by atoms with Gasteiger partial charge in [0.2, 0.25) is 11.8 Å². The van der Waals surface area contributed by atoms with E-state index in [2.05, 4.69) is 17.1 Å². The van der Waals surface area contributed by atoms with Crippen LogP contribution in [0.2, 0.25) is 0 Å². The number of rotatable bonds is 6. The molecule has 0 spiro atoms. The second-order valence-corrected chi connectivity index (χ2v) is 7.26. The van der Waals surface area contributed by atoms with Gasteiger partial charge in [0, 0.05) is 32.7 Å². The van der Waals surface area contributed by atoms with E-state index in [0.717, 1.165) is 23.4 Å². The first-order chi connectivity index (χ1) is 12.3. The van der Waals surface area contributed by atoms with E-state index in [1.54, 1.807) is 19.1 Å². The molecule has 1 aromatic carbocycles. The molecule has 26 heavy (non-hydrogen) atoms. The van der Waals surface area contributed by atoms with Crippen molar-refractivity contribution in [2.24, 2.45) is 0 Å². The summed E-state index contributed by atoms with van der Waals surface area (Å²) in [6, 6.07) is 3.70. The summed E-state index contributed by atoms with van der Waals surface area (Å²) in [5.74, 6) is 0.798. The molecule has 0 aromatic heterocycles. The number of carbonyl (C=O) groups is 2. The van der Waals surface area contributed by atoms with Gasteiger partial charge in [-0.25, -0.2) is 0 Å². The zero-order valence-electron chi connectivity index (χ0n) is 16.8. The summed E-state index contributed by atoms with van der Waals surface area (Å²) in [4.78, 5) is 28.7. The Bertz CT molecular complexity index is 673. The monoisotopic (exact) mass is 361 g/mol. The fourth-order valence-corrected chi connectivity index (χ4v) is 3.23. The lowest BCUT2D eigenvalue weighted by Crippen LogP contribution is -2.56. The second-order valence-electron chi connectivity index (χ2n) is 7.26. The van der Waals surface area contributed by atoms with Gasteiger partial charge in [-0.2, -0.15) is 0 Å². The summed E-state index contributed by atoms with van der Waals surface area (Å²) in [5, 5.41) is 2.89. The summed E-state index contributed by atoms with van der Waals surface area (Å²) < 4.78 is 5.38. The Morgan fingerprint density at radius 1 is 1.35 bits per heavy atom. The van der Waals surface area contributed by atoms with Gasteiger partial charge < -0.3 is 15.0 Å². The summed E-state index contributed by atoms with van der Waals surface area (Å²) in [5.41, 5.74) is 3.44. The van der Waals surface area contributed by atoms with Crippen molar-refractivity contribution >= 4 is 11.8 Å². The predicted molar refractivity (Wildman–Crippen MR) is 102 cm³/mol. The summed E-state index contributed by atoms with van der Waals surface area (Å²) >= 11 is 0. The van der Waals surface area contributed by atoms with Crippen LogP contribution < -0.4 is 10.1 Å². The highest BCUT2D eigenvalue weighted by Gasteiger charge is 2.33. The Morgan fingerprint density at radius 2 is 2.04 bits per heavy atom. The quantitative estimate of drug-likeness (QED) is 0.840. The molecule has 1 aliphatic heterocycles. The molecule has 2 rings (SSSR count). The number of piperazine rings is 1. The van der Waals surface area contributed by atoms with Crippen molar-refractivity contribution in [1.82, 2.24) is 15.1 Å². The topological polar surface area (TPSA) is 61.9 Å². The summed E-state index contributed by atoms with van der Waals surface area (Å²) in [6.45, 7) is 10.0. The summed E-state index contributed by atoms with van der Waals surface area (Å²) in [6.07, 6.45) is 0.203. The third-order valence-electron chi connectivity index (χ3n) is 5.42. The maximum absolute atomic E-state index is 12.5. The maximum Gasteiger partial charge on any atom is 0.237 e. The number of amides is 2. The summed E-state index contributed by atoms with van der Waals surface area (Å²) in [7, 11) is 3.46. The fourth-order valence-electron chi connectivity index (χ4n) is 3.23. The van der Waals surface area contributed by atoms with Crippen LogP contribution in [0.1, 0.15) is 37.0 Å². The van der Waals surface area contributed by atoms with Crippen LogP contribution in [0.3, 0.4) is 0 Å². The van der Waals surface area contributed by atoms with Gasteiger partial charge in [-0.3, -0.25) is 14.5 Å². The molecule has 1 atom stereocenters. The highest BCUT2D eigenvalue weighted by atomic mass is 16.5. The molecule has 6 heteroatoms. The van der Waals surface area contributed by atoms with Gasteiger partial charge in [-0.1, -0.05) is 6.07 Å². The lowest BCUT2D eigenvalue weighted by molar-refractivity contribution is -0.139. The lowest BCUT2D eigenvalue weighted by atomic mass is 10.00. The van der Waals surface area contributed by atoms with Crippen LogP contribution in [-0.2, 0) is 16.1 Å². The molecule has 0 unspecified atom stereocenters. The van der Waals surface area contributed by atoms with E-state index in [4.69, 9.17) is 4.74 Å². The number of methoxy groups -OCH3 is 1. The van der Waals surface area contributed by atoms with Crippen molar-refractivity contribution in [2.75, 3.05) is 27.2 Å². The fraction of sp³-hybridized carbons (Fsp3) is 0.600. The van der Waals surface area contributed by atoms with Crippen LogP contribution in [0.15, 0.2) is 12.1 Å². The molecule has 0 saturated carbocycles. The highest BCUT2D eigenvalue weighted by Crippen LogP contribution is 2.26. The van der Waals surface area contributed by atoms with Gasteiger partial charge in [-0.15, -0.1) is 0 Å². The van der Waals surface area contributed by atoms with Crippen LogP contribution in [0.5, 0.6) is 5.75 Å². The number of benzene rings is 1. The van der Waals surface area contributed by atoms with Crippen molar-refractivity contribution in [3.8, 4) is 5.75 Å². The Labute approximate surface area is 156 Å². The van der Waals surface area contributed by atoms with Crippen molar-refractivity contribution < 1.29 is 14.3 Å². The molecule has 2 amide bonds. The smallest absolute Gasteiger partial charge is 0.237 e. The molecule has 0 radical (unpaired) electrons. The minimum atomic E-state index is -0.431. The number of carbonyl (C=O) groups excluding carboxylic acids is 2. The molecule has 1 aliphatic rings. The van der Waals surface area contributed by atoms with Gasteiger partial charge in [0.1, 0.15) is 5.75 Å². The first-order valence-electron chi connectivity index (χ1n) is 9.16. The molecular weight excluding hydrogens is 330 g/mol. The Balaban J connectivity index is 2.19.